The van der Waals surface area contributed by atoms with Crippen LogP contribution in [0.4, 0.5) is 0 Å². The van der Waals surface area contributed by atoms with Crippen LogP contribution in [-0.2, 0) is 20.4 Å². The molecule has 21 heavy (non-hydrogen) atoms. The fraction of sp³-hybridized carbons (Fsp3) is 0.500. The van der Waals surface area contributed by atoms with Gasteiger partial charge >= 0.3 is 0 Å². The Kier molecular flexibility index (Phi) is 5.52. The molecule has 1 aliphatic rings. The van der Waals surface area contributed by atoms with E-state index in [0.717, 1.165) is 19.3 Å². The average molecular weight is 350 g/mol. The highest BCUT2D eigenvalue weighted by molar-refractivity contribution is 7.91. The van der Waals surface area contributed by atoms with Gasteiger partial charge in [-0.2, -0.15) is 0 Å². The van der Waals surface area contributed by atoms with Gasteiger partial charge in [0.1, 0.15) is 5.75 Å². The molecule has 0 unspecified atom stereocenters. The number of carbonyl (C=O) groups excluding carboxylic acids is 1. The van der Waals surface area contributed by atoms with Gasteiger partial charge in [0.2, 0.25) is 5.91 Å². The van der Waals surface area contributed by atoms with E-state index in [1.807, 2.05) is 0 Å². The number of sulfone groups is 1. The van der Waals surface area contributed by atoms with E-state index in [1.165, 1.54) is 6.07 Å². The minimum Gasteiger partial charge on any atom is -0.342 e. The molecule has 0 bridgehead atoms. The van der Waals surface area contributed by atoms with Crippen molar-refractivity contribution in [2.45, 2.75) is 25.0 Å². The zero-order valence-corrected chi connectivity index (χ0v) is 13.8. The summed E-state index contributed by atoms with van der Waals surface area (Å²) in [6, 6.07) is 4.69. The van der Waals surface area contributed by atoms with E-state index in [-0.39, 0.29) is 11.7 Å². The van der Waals surface area contributed by atoms with Gasteiger partial charge < -0.3 is 4.90 Å². The first-order valence-electron chi connectivity index (χ1n) is 6.79. The van der Waals surface area contributed by atoms with Crippen LogP contribution in [0.5, 0.6) is 0 Å². The van der Waals surface area contributed by atoms with E-state index in [9.17, 15) is 13.2 Å². The number of benzene rings is 1. The van der Waals surface area contributed by atoms with Crippen LogP contribution in [0.15, 0.2) is 18.2 Å². The maximum absolute atomic E-state index is 12.1. The summed E-state index contributed by atoms with van der Waals surface area (Å²) in [5, 5.41) is 0.689. The van der Waals surface area contributed by atoms with Gasteiger partial charge in [-0.25, -0.2) is 8.42 Å². The Morgan fingerprint density at radius 2 is 1.76 bits per heavy atom. The van der Waals surface area contributed by atoms with Gasteiger partial charge in [0, 0.05) is 13.1 Å². The van der Waals surface area contributed by atoms with Crippen molar-refractivity contribution in [3.05, 3.63) is 33.8 Å². The van der Waals surface area contributed by atoms with Gasteiger partial charge in [-0.15, -0.1) is 0 Å². The highest BCUT2D eigenvalue weighted by atomic mass is 35.5. The molecule has 1 aliphatic heterocycles. The first kappa shape index (κ1) is 16.6. The molecule has 116 valence electrons. The molecule has 0 N–H and O–H groups in total. The fourth-order valence-corrected chi connectivity index (χ4v) is 4.03. The lowest BCUT2D eigenvalue weighted by molar-refractivity contribution is -0.129. The molecule has 0 saturated carbocycles. The Morgan fingerprint density at radius 1 is 1.10 bits per heavy atom. The maximum Gasteiger partial charge on any atom is 0.237 e. The smallest absolute Gasteiger partial charge is 0.237 e. The lowest BCUT2D eigenvalue weighted by Crippen LogP contribution is -2.39. The van der Waals surface area contributed by atoms with Crippen LogP contribution < -0.4 is 0 Å². The maximum atomic E-state index is 12.1. The molecule has 2 rings (SSSR count). The highest BCUT2D eigenvalue weighted by Gasteiger charge is 2.23. The van der Waals surface area contributed by atoms with Gasteiger partial charge in [0.25, 0.3) is 0 Å². The van der Waals surface area contributed by atoms with Crippen LogP contribution in [0.1, 0.15) is 24.8 Å². The first-order valence-corrected chi connectivity index (χ1v) is 9.37. The summed E-state index contributed by atoms with van der Waals surface area (Å²) in [5.41, 5.74) is 0.538. The minimum absolute atomic E-state index is 0.205. The van der Waals surface area contributed by atoms with Crippen molar-refractivity contribution in [2.75, 3.05) is 18.8 Å². The predicted molar refractivity (Wildman–Crippen MR) is 84.4 cm³/mol. The van der Waals surface area contributed by atoms with Crippen molar-refractivity contribution in [3.8, 4) is 0 Å². The number of amides is 1. The SMILES string of the molecule is O=C(CS(=O)(=O)Cc1ccc(Cl)c(Cl)c1)N1CCCCC1. The summed E-state index contributed by atoms with van der Waals surface area (Å²) < 4.78 is 24.3. The summed E-state index contributed by atoms with van der Waals surface area (Å²) in [5.74, 6) is -0.966. The van der Waals surface area contributed by atoms with E-state index in [0.29, 0.717) is 28.7 Å². The molecule has 0 atom stereocenters. The van der Waals surface area contributed by atoms with Gasteiger partial charge in [-0.05, 0) is 37.0 Å². The van der Waals surface area contributed by atoms with Crippen molar-refractivity contribution >= 4 is 38.9 Å². The third-order valence-electron chi connectivity index (χ3n) is 3.42. The molecular formula is C14H17Cl2NO3S. The first-order chi connectivity index (χ1) is 9.87. The van der Waals surface area contributed by atoms with Crippen molar-refractivity contribution in [3.63, 3.8) is 0 Å². The molecule has 0 aliphatic carbocycles. The fourth-order valence-electron chi connectivity index (χ4n) is 2.36. The third kappa shape index (κ3) is 4.87. The number of carbonyl (C=O) groups is 1. The van der Waals surface area contributed by atoms with Crippen LogP contribution >= 0.6 is 23.2 Å². The molecule has 1 heterocycles. The predicted octanol–water partition coefficient (Wildman–Crippen LogP) is 2.92. The number of hydrogen-bond acceptors (Lipinski definition) is 3. The van der Waals surface area contributed by atoms with Gasteiger partial charge in [0.05, 0.1) is 15.8 Å². The van der Waals surface area contributed by atoms with Crippen LogP contribution in [0.2, 0.25) is 10.0 Å². The molecule has 1 amide bonds. The van der Waals surface area contributed by atoms with Crippen LogP contribution in [0, 0.1) is 0 Å². The summed E-state index contributed by atoms with van der Waals surface area (Å²) in [4.78, 5) is 13.7. The second-order valence-corrected chi connectivity index (χ2v) is 8.10. The molecule has 1 saturated heterocycles. The number of hydrogen-bond donors (Lipinski definition) is 0. The van der Waals surface area contributed by atoms with E-state index < -0.39 is 15.6 Å². The Morgan fingerprint density at radius 3 is 2.38 bits per heavy atom. The standard InChI is InChI=1S/C14H17Cl2NO3S/c15-12-5-4-11(8-13(12)16)9-21(19,20)10-14(18)17-6-2-1-3-7-17/h4-5,8H,1-3,6-7,9-10H2. The van der Waals surface area contributed by atoms with E-state index in [2.05, 4.69) is 0 Å². The van der Waals surface area contributed by atoms with Crippen molar-refractivity contribution in [1.29, 1.82) is 0 Å². The lowest BCUT2D eigenvalue weighted by atomic mass is 10.1. The molecule has 1 aromatic rings. The van der Waals surface area contributed by atoms with Gasteiger partial charge in [-0.1, -0.05) is 29.3 Å². The third-order valence-corrected chi connectivity index (χ3v) is 5.62. The Hall–Kier alpha value is -0.780. The Bertz CT molecular complexity index is 625. The Balaban J connectivity index is 2.00. The van der Waals surface area contributed by atoms with Gasteiger partial charge in [-0.3, -0.25) is 4.79 Å². The molecule has 1 fully saturated rings. The second-order valence-electron chi connectivity index (χ2n) is 5.22. The monoisotopic (exact) mass is 349 g/mol. The number of halogens is 2. The molecule has 0 radical (unpaired) electrons. The van der Waals surface area contributed by atoms with Crippen LogP contribution in [-0.4, -0.2) is 38.1 Å². The molecule has 0 aromatic heterocycles. The molecule has 0 spiro atoms. The topological polar surface area (TPSA) is 54.5 Å². The van der Waals surface area contributed by atoms with Crippen molar-refractivity contribution in [1.82, 2.24) is 4.90 Å². The zero-order chi connectivity index (χ0) is 15.5. The van der Waals surface area contributed by atoms with Crippen LogP contribution in [0.25, 0.3) is 0 Å². The zero-order valence-electron chi connectivity index (χ0n) is 11.5. The number of nitrogens with zero attached hydrogens (tertiary/aromatic N) is 1. The quantitative estimate of drug-likeness (QED) is 0.839. The second kappa shape index (κ2) is 6.99. The summed E-state index contributed by atoms with van der Waals surface area (Å²) in [7, 11) is -3.51. The van der Waals surface area contributed by atoms with Crippen molar-refractivity contribution < 1.29 is 13.2 Å². The molecular weight excluding hydrogens is 333 g/mol. The number of rotatable bonds is 4. The Labute approximate surface area is 134 Å². The molecule has 1 aromatic carbocycles. The van der Waals surface area contributed by atoms with Crippen LogP contribution in [0.3, 0.4) is 0 Å². The highest BCUT2D eigenvalue weighted by Crippen LogP contribution is 2.23. The summed E-state index contributed by atoms with van der Waals surface area (Å²) in [6.45, 7) is 1.31. The number of likely N-dealkylation sites (tertiary alicyclic amines) is 1. The van der Waals surface area contributed by atoms with E-state index in [1.54, 1.807) is 17.0 Å². The molecule has 4 nitrogen and oxygen atoms in total. The lowest BCUT2D eigenvalue weighted by Gasteiger charge is -2.26. The number of piperidine rings is 1. The van der Waals surface area contributed by atoms with E-state index >= 15 is 0 Å². The summed E-state index contributed by atoms with van der Waals surface area (Å²) in [6.07, 6.45) is 2.98. The largest absolute Gasteiger partial charge is 0.342 e. The van der Waals surface area contributed by atoms with E-state index in [4.69, 9.17) is 23.2 Å². The van der Waals surface area contributed by atoms with Crippen molar-refractivity contribution in [2.24, 2.45) is 0 Å². The minimum atomic E-state index is -3.51. The summed E-state index contributed by atoms with van der Waals surface area (Å²) >= 11 is 11.7. The normalized spacial score (nSPS) is 16.0. The van der Waals surface area contributed by atoms with Gasteiger partial charge in [0.15, 0.2) is 9.84 Å². The average Bonchev–Trinajstić information content (AvgIpc) is 2.43. The molecule has 7 heteroatoms.